The van der Waals surface area contributed by atoms with Crippen LogP contribution in [0.1, 0.15) is 22.1 Å². The lowest BCUT2D eigenvalue weighted by Crippen LogP contribution is -2.44. The summed E-state index contributed by atoms with van der Waals surface area (Å²) in [5.41, 5.74) is 2.08. The number of nitrogens with one attached hydrogen (secondary N) is 1. The highest BCUT2D eigenvalue weighted by atomic mass is 19.1. The van der Waals surface area contributed by atoms with E-state index in [1.54, 1.807) is 24.1 Å². The fraction of sp³-hybridized carbons (Fsp3) is 0.235. The van der Waals surface area contributed by atoms with Crippen LogP contribution < -0.4 is 5.32 Å². The van der Waals surface area contributed by atoms with Gasteiger partial charge in [0.1, 0.15) is 12.0 Å². The molecule has 1 unspecified atom stereocenters. The number of hydrogen-bond acceptors (Lipinski definition) is 3. The molecule has 5 heteroatoms. The summed E-state index contributed by atoms with van der Waals surface area (Å²) in [6.07, 6.45) is -0.409. The average molecular weight is 300 g/mol. The lowest BCUT2D eigenvalue weighted by molar-refractivity contribution is 0.0609. The molecular weight excluding hydrogens is 283 g/mol. The van der Waals surface area contributed by atoms with E-state index in [0.717, 1.165) is 5.69 Å². The maximum absolute atomic E-state index is 13.5. The predicted octanol–water partition coefficient (Wildman–Crippen LogP) is 3.04. The topological polar surface area (TPSA) is 41.6 Å². The van der Waals surface area contributed by atoms with Crippen molar-refractivity contribution in [2.45, 2.75) is 6.17 Å². The van der Waals surface area contributed by atoms with E-state index in [-0.39, 0.29) is 11.7 Å². The quantitative estimate of drug-likeness (QED) is 0.943. The van der Waals surface area contributed by atoms with Crippen LogP contribution in [0.3, 0.4) is 0 Å². The monoisotopic (exact) mass is 300 g/mol. The van der Waals surface area contributed by atoms with Crippen molar-refractivity contribution < 1.29 is 13.9 Å². The number of ether oxygens (including phenoxy) is 1. The second-order valence-electron chi connectivity index (χ2n) is 5.14. The molecule has 1 N–H and O–H groups in total. The van der Waals surface area contributed by atoms with Gasteiger partial charge in [-0.1, -0.05) is 24.3 Å². The first-order valence-corrected chi connectivity index (χ1v) is 7.11. The van der Waals surface area contributed by atoms with Gasteiger partial charge < -0.3 is 15.0 Å². The Bertz CT molecular complexity index is 690. The number of hydrogen-bond donors (Lipinski definition) is 1. The molecule has 0 radical (unpaired) electrons. The van der Waals surface area contributed by atoms with Gasteiger partial charge in [-0.25, -0.2) is 4.39 Å². The number of methoxy groups -OCH3 is 1. The van der Waals surface area contributed by atoms with Gasteiger partial charge in [0.25, 0.3) is 5.91 Å². The third kappa shape index (κ3) is 2.67. The summed E-state index contributed by atoms with van der Waals surface area (Å²) >= 11 is 0. The first-order valence-electron chi connectivity index (χ1n) is 7.11. The van der Waals surface area contributed by atoms with Crippen LogP contribution in [0.15, 0.2) is 48.5 Å². The molecule has 4 nitrogen and oxygen atoms in total. The number of rotatable bonds is 4. The Kier molecular flexibility index (Phi) is 4.06. The number of amides is 1. The SMILES string of the molecule is COCCN1C(=O)c2ccccc2NC1c1cccc(F)c1. The van der Waals surface area contributed by atoms with Crippen molar-refractivity contribution in [2.75, 3.05) is 25.6 Å². The first kappa shape index (κ1) is 14.5. The maximum atomic E-state index is 13.5. The van der Waals surface area contributed by atoms with Crippen molar-refractivity contribution in [3.05, 3.63) is 65.5 Å². The van der Waals surface area contributed by atoms with Gasteiger partial charge >= 0.3 is 0 Å². The van der Waals surface area contributed by atoms with E-state index < -0.39 is 6.17 Å². The summed E-state index contributed by atoms with van der Waals surface area (Å²) in [5, 5.41) is 3.31. The van der Waals surface area contributed by atoms with Crippen molar-refractivity contribution in [2.24, 2.45) is 0 Å². The molecule has 1 heterocycles. The second-order valence-corrected chi connectivity index (χ2v) is 5.14. The highest BCUT2D eigenvalue weighted by Gasteiger charge is 2.32. The maximum Gasteiger partial charge on any atom is 0.257 e. The van der Waals surface area contributed by atoms with Gasteiger partial charge in [0.15, 0.2) is 0 Å². The summed E-state index contributed by atoms with van der Waals surface area (Å²) in [4.78, 5) is 14.4. The Morgan fingerprint density at radius 2 is 2.05 bits per heavy atom. The summed E-state index contributed by atoms with van der Waals surface area (Å²) < 4.78 is 18.6. The standard InChI is InChI=1S/C17H17FN2O2/c1-22-10-9-20-16(12-5-4-6-13(18)11-12)19-15-8-3-2-7-14(15)17(20)21/h2-8,11,16,19H,9-10H2,1H3. The number of nitrogens with zero attached hydrogens (tertiary/aromatic N) is 1. The molecule has 2 aromatic carbocycles. The lowest BCUT2D eigenvalue weighted by atomic mass is 10.0. The largest absolute Gasteiger partial charge is 0.383 e. The lowest BCUT2D eigenvalue weighted by Gasteiger charge is -2.38. The van der Waals surface area contributed by atoms with Crippen LogP contribution in [0.5, 0.6) is 0 Å². The molecule has 0 saturated heterocycles. The van der Waals surface area contributed by atoms with E-state index in [1.165, 1.54) is 12.1 Å². The highest BCUT2D eigenvalue weighted by Crippen LogP contribution is 2.32. The molecule has 0 fully saturated rings. The fourth-order valence-corrected chi connectivity index (χ4v) is 2.65. The van der Waals surface area contributed by atoms with Crippen LogP contribution in [-0.2, 0) is 4.74 Å². The number of anilines is 1. The van der Waals surface area contributed by atoms with Crippen LogP contribution >= 0.6 is 0 Å². The van der Waals surface area contributed by atoms with E-state index in [4.69, 9.17) is 4.74 Å². The zero-order valence-electron chi connectivity index (χ0n) is 12.3. The highest BCUT2D eigenvalue weighted by molar-refractivity contribution is 6.01. The molecule has 1 amide bonds. The van der Waals surface area contributed by atoms with Gasteiger partial charge in [-0.2, -0.15) is 0 Å². The predicted molar refractivity (Wildman–Crippen MR) is 82.1 cm³/mol. The third-order valence-corrected chi connectivity index (χ3v) is 3.72. The fourth-order valence-electron chi connectivity index (χ4n) is 2.65. The van der Waals surface area contributed by atoms with Crippen molar-refractivity contribution in [3.63, 3.8) is 0 Å². The number of para-hydroxylation sites is 1. The molecule has 3 rings (SSSR count). The first-order chi connectivity index (χ1) is 10.7. The normalized spacial score (nSPS) is 17.1. The van der Waals surface area contributed by atoms with Gasteiger partial charge in [0.2, 0.25) is 0 Å². The Balaban J connectivity index is 2.01. The second kappa shape index (κ2) is 6.15. The van der Waals surface area contributed by atoms with Crippen LogP contribution in [0.2, 0.25) is 0 Å². The van der Waals surface area contributed by atoms with Gasteiger partial charge in [-0.05, 0) is 29.8 Å². The summed E-state index contributed by atoms with van der Waals surface area (Å²) in [6, 6.07) is 13.6. The van der Waals surface area contributed by atoms with Crippen molar-refractivity contribution in [1.82, 2.24) is 4.90 Å². The van der Waals surface area contributed by atoms with Crippen molar-refractivity contribution in [1.29, 1.82) is 0 Å². The molecule has 1 aliphatic rings. The number of fused-ring (bicyclic) bond motifs is 1. The van der Waals surface area contributed by atoms with Gasteiger partial charge in [0.05, 0.1) is 12.2 Å². The Labute approximate surface area is 128 Å². The average Bonchev–Trinajstić information content (AvgIpc) is 2.54. The minimum absolute atomic E-state index is 0.0827. The smallest absolute Gasteiger partial charge is 0.257 e. The number of carbonyl (C=O) groups is 1. The van der Waals surface area contributed by atoms with E-state index in [9.17, 15) is 9.18 Å². The number of halogens is 1. The molecule has 114 valence electrons. The van der Waals surface area contributed by atoms with Gasteiger partial charge in [0, 0.05) is 19.3 Å². The van der Waals surface area contributed by atoms with Crippen LogP contribution in [0.25, 0.3) is 0 Å². The van der Waals surface area contributed by atoms with Gasteiger partial charge in [-0.3, -0.25) is 4.79 Å². The zero-order chi connectivity index (χ0) is 15.5. The minimum Gasteiger partial charge on any atom is -0.383 e. The molecule has 0 aromatic heterocycles. The summed E-state index contributed by atoms with van der Waals surface area (Å²) in [6.45, 7) is 0.846. The van der Waals surface area contributed by atoms with Crippen LogP contribution in [0, 0.1) is 5.82 Å². The van der Waals surface area contributed by atoms with Crippen molar-refractivity contribution in [3.8, 4) is 0 Å². The van der Waals surface area contributed by atoms with E-state index in [0.29, 0.717) is 24.3 Å². The summed E-state index contributed by atoms with van der Waals surface area (Å²) in [5.74, 6) is -0.405. The molecule has 0 spiro atoms. The molecule has 1 atom stereocenters. The molecule has 1 aliphatic heterocycles. The van der Waals surface area contributed by atoms with Crippen LogP contribution in [0.4, 0.5) is 10.1 Å². The Morgan fingerprint density at radius 1 is 1.23 bits per heavy atom. The molecule has 0 aliphatic carbocycles. The molecular formula is C17H17FN2O2. The molecule has 2 aromatic rings. The van der Waals surface area contributed by atoms with E-state index in [2.05, 4.69) is 5.32 Å². The Morgan fingerprint density at radius 3 is 2.82 bits per heavy atom. The number of benzene rings is 2. The Hall–Kier alpha value is -2.40. The number of carbonyl (C=O) groups excluding carboxylic acids is 1. The molecule has 0 bridgehead atoms. The molecule has 22 heavy (non-hydrogen) atoms. The van der Waals surface area contributed by atoms with Crippen LogP contribution in [-0.4, -0.2) is 31.1 Å². The molecule has 0 saturated carbocycles. The zero-order valence-corrected chi connectivity index (χ0v) is 12.3. The third-order valence-electron chi connectivity index (χ3n) is 3.72. The van der Waals surface area contributed by atoms with E-state index >= 15 is 0 Å². The van der Waals surface area contributed by atoms with Crippen molar-refractivity contribution >= 4 is 11.6 Å². The minimum atomic E-state index is -0.409. The summed E-state index contributed by atoms with van der Waals surface area (Å²) in [7, 11) is 1.59. The van der Waals surface area contributed by atoms with E-state index in [1.807, 2.05) is 24.3 Å². The van der Waals surface area contributed by atoms with Gasteiger partial charge in [-0.15, -0.1) is 0 Å².